The van der Waals surface area contributed by atoms with Crippen LogP contribution in [0.1, 0.15) is 63.5 Å². The molecule has 0 saturated heterocycles. The van der Waals surface area contributed by atoms with Crippen molar-refractivity contribution in [3.05, 3.63) is 73.2 Å². The molecule has 0 spiro atoms. The van der Waals surface area contributed by atoms with Crippen molar-refractivity contribution in [1.29, 1.82) is 0 Å². The molecule has 0 N–H and O–H groups in total. The van der Waals surface area contributed by atoms with E-state index in [1.54, 1.807) is 0 Å². The highest BCUT2D eigenvalue weighted by molar-refractivity contribution is 8.45. The fraction of sp³-hybridized carbons (Fsp3) is 0.429. The number of unbranched alkanes of at least 4 members (excludes halogenated alkanes) is 4. The van der Waals surface area contributed by atoms with E-state index in [0.29, 0.717) is 0 Å². The molecule has 0 aliphatic carbocycles. The van der Waals surface area contributed by atoms with Gasteiger partial charge >= 0.3 is 0 Å². The maximum Gasteiger partial charge on any atom is 0.0889 e. The predicted octanol–water partition coefficient (Wildman–Crippen LogP) is 11.8. The molecule has 202 valence electrons. The van der Waals surface area contributed by atoms with E-state index in [9.17, 15) is 0 Å². The van der Waals surface area contributed by atoms with Gasteiger partial charge in [0.05, 0.1) is 36.8 Å². The monoisotopic (exact) mass is 652 g/mol. The molecule has 0 unspecified atom stereocenters. The second kappa shape index (κ2) is 15.5. The fourth-order valence-corrected chi connectivity index (χ4v) is 15.8. The Bertz CT molecular complexity index is 1130. The zero-order valence-corrected chi connectivity index (χ0v) is 28.2. The molecule has 2 aromatic heterocycles. The summed E-state index contributed by atoms with van der Waals surface area (Å²) in [5.41, 5.74) is 4.56. The first kappa shape index (κ1) is 29.8. The molecular weight excluding hydrogens is 621 g/mol. The first-order chi connectivity index (χ1) is 18.7. The third kappa shape index (κ3) is 8.20. The van der Waals surface area contributed by atoms with E-state index in [1.165, 1.54) is 86.6 Å². The Hall–Kier alpha value is 0.320. The molecule has 0 amide bonds. The Balaban J connectivity index is 1.44. The average Bonchev–Trinajstić information content (AvgIpc) is 3.55. The topological polar surface area (TPSA) is 25.8 Å². The minimum absolute atomic E-state index is 0.956. The maximum absolute atomic E-state index is 4.67. The Morgan fingerprint density at radius 3 is 1.55 bits per heavy atom. The molecule has 0 aromatic carbocycles. The Labute approximate surface area is 261 Å². The van der Waals surface area contributed by atoms with Crippen LogP contribution in [0.5, 0.6) is 0 Å². The van der Waals surface area contributed by atoms with Crippen LogP contribution in [-0.4, -0.2) is 21.5 Å². The van der Waals surface area contributed by atoms with Crippen molar-refractivity contribution >= 4 is 94.1 Å². The molecule has 0 atom stereocenters. The number of hydrogen-bond acceptors (Lipinski definition) is 10. The van der Waals surface area contributed by atoms with Crippen LogP contribution >= 0.6 is 94.1 Å². The highest BCUT2D eigenvalue weighted by Crippen LogP contribution is 2.66. The summed E-state index contributed by atoms with van der Waals surface area (Å²) >= 11 is 16.2. The molecule has 2 aromatic rings. The van der Waals surface area contributed by atoms with Crippen LogP contribution in [0.15, 0.2) is 62.1 Å². The smallest absolute Gasteiger partial charge is 0.0889 e. The average molecular weight is 653 g/mol. The van der Waals surface area contributed by atoms with Crippen LogP contribution in [-0.2, 0) is 11.5 Å². The van der Waals surface area contributed by atoms with E-state index < -0.39 is 0 Å². The molecule has 0 radical (unpaired) electrons. The third-order valence-electron chi connectivity index (χ3n) is 5.85. The summed E-state index contributed by atoms with van der Waals surface area (Å²) in [5.74, 6) is 4.33. The molecule has 0 saturated carbocycles. The Morgan fingerprint density at radius 1 is 0.632 bits per heavy atom. The number of fused-ring (bicyclic) bond motifs is 9. The van der Waals surface area contributed by atoms with Crippen molar-refractivity contribution in [1.82, 2.24) is 9.97 Å². The summed E-state index contributed by atoms with van der Waals surface area (Å²) in [7, 11) is 0. The molecule has 3 aliphatic heterocycles. The standard InChI is InChI=1S/C28H32N2S8/c1-3-5-7-13-31-23-25-33-17-19-9-11-29-21(15-19)22-16-20(10-12-30-22)18-34-26-24(32-14-8-6-4-2)36-28(38-26)27(35-23)37-25/h9-12,15-16H,3-8,13-14,17-18H2,1-2H3. The number of rotatable bonds is 10. The van der Waals surface area contributed by atoms with Gasteiger partial charge in [-0.25, -0.2) is 0 Å². The van der Waals surface area contributed by atoms with Crippen molar-refractivity contribution < 1.29 is 0 Å². The molecule has 0 fully saturated rings. The molecule has 3 aliphatic rings. The number of pyridine rings is 2. The second-order valence-electron chi connectivity index (χ2n) is 8.92. The third-order valence-corrected chi connectivity index (χ3v) is 17.7. The summed E-state index contributed by atoms with van der Waals surface area (Å²) < 4.78 is 8.93. The minimum Gasteiger partial charge on any atom is -0.255 e. The predicted molar refractivity (Wildman–Crippen MR) is 185 cm³/mol. The summed E-state index contributed by atoms with van der Waals surface area (Å²) in [4.78, 5) is 9.35. The quantitative estimate of drug-likeness (QED) is 0.231. The van der Waals surface area contributed by atoms with Crippen molar-refractivity contribution in [2.24, 2.45) is 0 Å². The molecule has 8 bridgehead atoms. The van der Waals surface area contributed by atoms with E-state index in [2.05, 4.69) is 71.6 Å². The summed E-state index contributed by atoms with van der Waals surface area (Å²) in [5, 5.41) is 0. The van der Waals surface area contributed by atoms with Crippen LogP contribution in [0.25, 0.3) is 11.4 Å². The number of nitrogens with zero attached hydrogens (tertiary/aromatic N) is 2. The molecule has 5 rings (SSSR count). The van der Waals surface area contributed by atoms with Gasteiger partial charge in [-0.1, -0.05) is 86.6 Å². The minimum atomic E-state index is 0.956. The largest absolute Gasteiger partial charge is 0.255 e. The van der Waals surface area contributed by atoms with Crippen LogP contribution in [0.2, 0.25) is 0 Å². The summed E-state index contributed by atoms with van der Waals surface area (Å²) in [6, 6.07) is 8.76. The van der Waals surface area contributed by atoms with Crippen LogP contribution < -0.4 is 0 Å². The zero-order chi connectivity index (χ0) is 26.2. The lowest BCUT2D eigenvalue weighted by Crippen LogP contribution is -1.92. The van der Waals surface area contributed by atoms with Gasteiger partial charge in [-0.15, -0.1) is 47.0 Å². The van der Waals surface area contributed by atoms with Gasteiger partial charge in [0.1, 0.15) is 0 Å². The zero-order valence-electron chi connectivity index (χ0n) is 21.7. The van der Waals surface area contributed by atoms with Crippen LogP contribution in [0.4, 0.5) is 0 Å². The maximum atomic E-state index is 4.67. The SMILES string of the molecule is CCCCCSC1=C2SCc3ccnc(c3)-c3cc(ccn3)CSC3=C(SCCCCC)SC(=C(S1)S2)S3. The van der Waals surface area contributed by atoms with Crippen molar-refractivity contribution in [3.8, 4) is 11.4 Å². The lowest BCUT2D eigenvalue weighted by Gasteiger charge is -2.08. The lowest BCUT2D eigenvalue weighted by molar-refractivity contribution is 0.779. The van der Waals surface area contributed by atoms with Gasteiger partial charge in [0.2, 0.25) is 0 Å². The Kier molecular flexibility index (Phi) is 12.2. The van der Waals surface area contributed by atoms with Gasteiger partial charge in [0, 0.05) is 23.9 Å². The number of aromatic nitrogens is 2. The first-order valence-electron chi connectivity index (χ1n) is 13.1. The molecule has 38 heavy (non-hydrogen) atoms. The van der Waals surface area contributed by atoms with Crippen LogP contribution in [0, 0.1) is 0 Å². The van der Waals surface area contributed by atoms with Crippen molar-refractivity contribution in [2.45, 2.75) is 63.9 Å². The van der Waals surface area contributed by atoms with Gasteiger partial charge in [-0.2, -0.15) is 0 Å². The highest BCUT2D eigenvalue weighted by Gasteiger charge is 2.31. The van der Waals surface area contributed by atoms with Crippen LogP contribution in [0.3, 0.4) is 0 Å². The van der Waals surface area contributed by atoms with Gasteiger partial charge in [0.15, 0.2) is 0 Å². The van der Waals surface area contributed by atoms with E-state index in [-0.39, 0.29) is 0 Å². The van der Waals surface area contributed by atoms with Gasteiger partial charge in [-0.3, -0.25) is 9.97 Å². The van der Waals surface area contributed by atoms with E-state index in [4.69, 9.17) is 0 Å². The number of hydrogen-bond donors (Lipinski definition) is 0. The lowest BCUT2D eigenvalue weighted by atomic mass is 10.1. The fourth-order valence-electron chi connectivity index (χ4n) is 3.81. The first-order valence-corrected chi connectivity index (χ1v) is 20.3. The molecule has 2 nitrogen and oxygen atoms in total. The van der Waals surface area contributed by atoms with Gasteiger partial charge in [0.25, 0.3) is 0 Å². The highest BCUT2D eigenvalue weighted by atomic mass is 32.3. The molecule has 10 heteroatoms. The van der Waals surface area contributed by atoms with Crippen molar-refractivity contribution in [3.63, 3.8) is 0 Å². The van der Waals surface area contributed by atoms with Gasteiger partial charge in [-0.05, 0) is 59.7 Å². The van der Waals surface area contributed by atoms with Crippen molar-refractivity contribution in [2.75, 3.05) is 11.5 Å². The van der Waals surface area contributed by atoms with E-state index in [0.717, 1.165) is 22.9 Å². The number of thioether (sulfide) groups is 8. The summed E-state index contributed by atoms with van der Waals surface area (Å²) in [6.45, 7) is 4.57. The Morgan fingerprint density at radius 2 is 1.11 bits per heavy atom. The normalized spacial score (nSPS) is 17.6. The molecule has 5 heterocycles. The second-order valence-corrected chi connectivity index (χ2v) is 18.7. The van der Waals surface area contributed by atoms with E-state index >= 15 is 0 Å². The van der Waals surface area contributed by atoms with Gasteiger partial charge < -0.3 is 0 Å². The molecular formula is C28H32N2S8. The summed E-state index contributed by atoms with van der Waals surface area (Å²) in [6.07, 6.45) is 11.7. The van der Waals surface area contributed by atoms with E-state index in [1.807, 2.05) is 83.0 Å².